The standard InChI is InChI=1S/C25H22ClF3N4O2/c1-4-18(15-10-8-14(2)9-11-15)31-24(34)22-21(26)23-30-19(16-6-5-7-17(12-16)35-3)13-20(25(27,28)29)33(23)32-22/h5-13,18H,4H2,1-3H3,(H,31,34). The van der Waals surface area contributed by atoms with Gasteiger partial charge in [0.15, 0.2) is 17.0 Å². The van der Waals surface area contributed by atoms with Gasteiger partial charge in [0, 0.05) is 5.56 Å². The number of ether oxygens (including phenoxy) is 1. The number of carbonyl (C=O) groups is 1. The quantitative estimate of drug-likeness (QED) is 0.337. The summed E-state index contributed by atoms with van der Waals surface area (Å²) in [5.74, 6) is -0.233. The van der Waals surface area contributed by atoms with Crippen LogP contribution in [0.25, 0.3) is 16.9 Å². The lowest BCUT2D eigenvalue weighted by Gasteiger charge is -2.17. The summed E-state index contributed by atoms with van der Waals surface area (Å²) < 4.78 is 47.6. The summed E-state index contributed by atoms with van der Waals surface area (Å²) >= 11 is 6.39. The minimum absolute atomic E-state index is 0.0172. The van der Waals surface area contributed by atoms with E-state index in [-0.39, 0.29) is 28.1 Å². The molecule has 2 aromatic carbocycles. The maximum Gasteiger partial charge on any atom is 0.433 e. The predicted molar refractivity (Wildman–Crippen MR) is 127 cm³/mol. The lowest BCUT2D eigenvalue weighted by atomic mass is 10.0. The average Bonchev–Trinajstić information content (AvgIpc) is 3.18. The Hall–Kier alpha value is -3.59. The number of fused-ring (bicyclic) bond motifs is 1. The minimum atomic E-state index is -4.77. The number of amides is 1. The van der Waals surface area contributed by atoms with Crippen molar-refractivity contribution in [2.24, 2.45) is 0 Å². The fourth-order valence-corrected chi connectivity index (χ4v) is 3.96. The van der Waals surface area contributed by atoms with Crippen LogP contribution in [0.4, 0.5) is 13.2 Å². The fourth-order valence-electron chi connectivity index (χ4n) is 3.72. The van der Waals surface area contributed by atoms with Crippen molar-refractivity contribution in [3.8, 4) is 17.0 Å². The lowest BCUT2D eigenvalue weighted by Crippen LogP contribution is -2.28. The van der Waals surface area contributed by atoms with Crippen molar-refractivity contribution in [3.63, 3.8) is 0 Å². The summed E-state index contributed by atoms with van der Waals surface area (Å²) in [4.78, 5) is 17.3. The Bertz CT molecular complexity index is 1380. The highest BCUT2D eigenvalue weighted by Crippen LogP contribution is 2.35. The Balaban J connectivity index is 1.79. The van der Waals surface area contributed by atoms with Crippen LogP contribution in [0.15, 0.2) is 54.6 Å². The number of alkyl halides is 3. The molecule has 0 bridgehead atoms. The molecule has 35 heavy (non-hydrogen) atoms. The third kappa shape index (κ3) is 4.95. The van der Waals surface area contributed by atoms with E-state index < -0.39 is 17.8 Å². The molecule has 0 saturated heterocycles. The van der Waals surface area contributed by atoms with Crippen molar-refractivity contribution in [1.82, 2.24) is 19.9 Å². The third-order valence-electron chi connectivity index (χ3n) is 5.60. The first-order valence-electron chi connectivity index (χ1n) is 10.8. The smallest absolute Gasteiger partial charge is 0.433 e. The van der Waals surface area contributed by atoms with E-state index in [4.69, 9.17) is 16.3 Å². The van der Waals surface area contributed by atoms with Crippen LogP contribution >= 0.6 is 11.6 Å². The lowest BCUT2D eigenvalue weighted by molar-refractivity contribution is -0.142. The average molecular weight is 503 g/mol. The molecule has 10 heteroatoms. The zero-order chi connectivity index (χ0) is 25.3. The summed E-state index contributed by atoms with van der Waals surface area (Å²) in [5.41, 5.74) is 0.629. The SMILES string of the molecule is CCC(NC(=O)c1nn2c(C(F)(F)F)cc(-c3cccc(OC)c3)nc2c1Cl)c1ccc(C)cc1. The van der Waals surface area contributed by atoms with Gasteiger partial charge in [-0.2, -0.15) is 18.3 Å². The Morgan fingerprint density at radius 2 is 1.89 bits per heavy atom. The van der Waals surface area contributed by atoms with Crippen molar-refractivity contribution in [3.05, 3.63) is 82.1 Å². The zero-order valence-electron chi connectivity index (χ0n) is 19.2. The number of halogens is 4. The molecule has 1 N–H and O–H groups in total. The van der Waals surface area contributed by atoms with E-state index in [0.29, 0.717) is 22.2 Å². The van der Waals surface area contributed by atoms with Gasteiger partial charge < -0.3 is 10.1 Å². The Labute approximate surface area is 204 Å². The van der Waals surface area contributed by atoms with E-state index in [1.54, 1.807) is 24.3 Å². The number of methoxy groups -OCH3 is 1. The van der Waals surface area contributed by atoms with Crippen molar-refractivity contribution in [1.29, 1.82) is 0 Å². The van der Waals surface area contributed by atoms with Gasteiger partial charge in [-0.3, -0.25) is 4.79 Å². The fraction of sp³-hybridized carbons (Fsp3) is 0.240. The maximum atomic E-state index is 14.0. The molecule has 0 aliphatic rings. The van der Waals surface area contributed by atoms with Crippen LogP contribution in [0.2, 0.25) is 5.02 Å². The van der Waals surface area contributed by atoms with Crippen LogP contribution in [-0.2, 0) is 6.18 Å². The number of rotatable bonds is 6. The highest BCUT2D eigenvalue weighted by Gasteiger charge is 2.37. The molecule has 0 aliphatic heterocycles. The van der Waals surface area contributed by atoms with Crippen LogP contribution in [0.5, 0.6) is 5.75 Å². The number of hydrogen-bond donors (Lipinski definition) is 1. The van der Waals surface area contributed by atoms with Crippen molar-refractivity contribution in [2.75, 3.05) is 7.11 Å². The Kier molecular flexibility index (Phi) is 6.71. The first-order chi connectivity index (χ1) is 16.6. The maximum absolute atomic E-state index is 14.0. The Morgan fingerprint density at radius 1 is 1.17 bits per heavy atom. The Morgan fingerprint density at radius 3 is 2.51 bits per heavy atom. The van der Waals surface area contributed by atoms with Gasteiger partial charge in [0.2, 0.25) is 0 Å². The van der Waals surface area contributed by atoms with Crippen LogP contribution in [0, 0.1) is 6.92 Å². The highest BCUT2D eigenvalue weighted by molar-refractivity contribution is 6.36. The first-order valence-corrected chi connectivity index (χ1v) is 11.2. The van der Waals surface area contributed by atoms with Crippen molar-refractivity contribution >= 4 is 23.2 Å². The van der Waals surface area contributed by atoms with E-state index in [9.17, 15) is 18.0 Å². The van der Waals surface area contributed by atoms with Crippen LogP contribution in [-0.4, -0.2) is 27.6 Å². The molecule has 0 aliphatic carbocycles. The van der Waals surface area contributed by atoms with Gasteiger partial charge in [-0.1, -0.05) is 60.5 Å². The van der Waals surface area contributed by atoms with Crippen molar-refractivity contribution < 1.29 is 22.7 Å². The van der Waals surface area contributed by atoms with E-state index in [1.165, 1.54) is 7.11 Å². The number of aryl methyl sites for hydroxylation is 1. The predicted octanol–water partition coefficient (Wildman–Crippen LogP) is 6.27. The molecular weight excluding hydrogens is 481 g/mol. The molecule has 182 valence electrons. The van der Waals surface area contributed by atoms with E-state index in [1.807, 2.05) is 38.1 Å². The van der Waals surface area contributed by atoms with Crippen LogP contribution < -0.4 is 10.1 Å². The van der Waals surface area contributed by atoms with E-state index >= 15 is 0 Å². The van der Waals surface area contributed by atoms with E-state index in [2.05, 4.69) is 15.4 Å². The van der Waals surface area contributed by atoms with Gasteiger partial charge in [-0.05, 0) is 37.1 Å². The number of nitrogens with zero attached hydrogens (tertiary/aromatic N) is 3. The number of carbonyl (C=O) groups excluding carboxylic acids is 1. The van der Waals surface area contributed by atoms with Gasteiger partial charge in [-0.25, -0.2) is 9.50 Å². The summed E-state index contributed by atoms with van der Waals surface area (Å²) in [6.07, 6.45) is -4.21. The molecule has 0 saturated carbocycles. The van der Waals surface area contributed by atoms with Crippen LogP contribution in [0.3, 0.4) is 0 Å². The summed E-state index contributed by atoms with van der Waals surface area (Å²) in [6.45, 7) is 3.84. The van der Waals surface area contributed by atoms with Crippen LogP contribution in [0.1, 0.15) is 46.7 Å². The second-order valence-corrected chi connectivity index (χ2v) is 8.38. The van der Waals surface area contributed by atoms with Gasteiger partial charge in [0.05, 0.1) is 18.8 Å². The molecule has 1 amide bonds. The highest BCUT2D eigenvalue weighted by atomic mass is 35.5. The second kappa shape index (κ2) is 9.58. The largest absolute Gasteiger partial charge is 0.497 e. The molecule has 1 unspecified atom stereocenters. The number of benzene rings is 2. The third-order valence-corrected chi connectivity index (χ3v) is 5.95. The van der Waals surface area contributed by atoms with E-state index in [0.717, 1.165) is 17.2 Å². The minimum Gasteiger partial charge on any atom is -0.497 e. The molecule has 0 radical (unpaired) electrons. The molecule has 6 nitrogen and oxygen atoms in total. The first kappa shape index (κ1) is 24.5. The van der Waals surface area contributed by atoms with Crippen molar-refractivity contribution in [2.45, 2.75) is 32.5 Å². The summed E-state index contributed by atoms with van der Waals surface area (Å²) in [6, 6.07) is 14.6. The number of nitrogens with one attached hydrogen (secondary N) is 1. The number of hydrogen-bond acceptors (Lipinski definition) is 4. The normalized spacial score (nSPS) is 12.5. The molecule has 1 atom stereocenters. The molecule has 2 aromatic heterocycles. The second-order valence-electron chi connectivity index (χ2n) is 8.00. The molecule has 4 rings (SSSR count). The zero-order valence-corrected chi connectivity index (χ0v) is 19.9. The summed E-state index contributed by atoms with van der Waals surface area (Å²) in [5, 5.41) is 6.46. The van der Waals surface area contributed by atoms with Gasteiger partial charge in [0.25, 0.3) is 5.91 Å². The molecule has 4 aromatic rings. The topological polar surface area (TPSA) is 68.5 Å². The van der Waals surface area contributed by atoms with Gasteiger partial charge >= 0.3 is 6.18 Å². The summed E-state index contributed by atoms with van der Waals surface area (Å²) in [7, 11) is 1.45. The van der Waals surface area contributed by atoms with Gasteiger partial charge in [-0.15, -0.1) is 0 Å². The monoisotopic (exact) mass is 502 g/mol. The number of aromatic nitrogens is 3. The molecule has 0 fully saturated rings. The molecular formula is C25H22ClF3N4O2. The van der Waals surface area contributed by atoms with Gasteiger partial charge in [0.1, 0.15) is 10.8 Å². The molecule has 0 spiro atoms. The molecule has 2 heterocycles.